The Morgan fingerprint density at radius 3 is 2.45 bits per heavy atom. The molecule has 1 unspecified atom stereocenters. The van der Waals surface area contributed by atoms with Crippen molar-refractivity contribution in [3.05, 3.63) is 70.3 Å². The summed E-state index contributed by atoms with van der Waals surface area (Å²) in [6, 6.07) is 14.5. The standard InChI is InChI=1S/C23H27N3O3/c1-6-17(25-22(28)29-23(3,4)5)20-24-18-14-10-11-15(2)19(18)21(27)26(20)16-12-8-7-9-13-16/h7-14,17H,6H2,1-5H3,(H,25,28). The number of ether oxygens (including phenoxy) is 1. The molecule has 6 heteroatoms. The molecule has 1 heterocycles. The van der Waals surface area contributed by atoms with Crippen molar-refractivity contribution in [1.29, 1.82) is 0 Å². The van der Waals surface area contributed by atoms with Gasteiger partial charge in [0.1, 0.15) is 11.4 Å². The molecule has 29 heavy (non-hydrogen) atoms. The van der Waals surface area contributed by atoms with Crippen molar-refractivity contribution >= 4 is 17.0 Å². The summed E-state index contributed by atoms with van der Waals surface area (Å²) in [7, 11) is 0. The van der Waals surface area contributed by atoms with E-state index in [1.165, 1.54) is 0 Å². The molecule has 6 nitrogen and oxygen atoms in total. The summed E-state index contributed by atoms with van der Waals surface area (Å²) in [6.07, 6.45) is 0.0121. The molecule has 152 valence electrons. The van der Waals surface area contributed by atoms with Crippen LogP contribution in [0.2, 0.25) is 0 Å². The molecule has 0 spiro atoms. The fraction of sp³-hybridized carbons (Fsp3) is 0.348. The van der Waals surface area contributed by atoms with E-state index in [0.29, 0.717) is 28.8 Å². The number of rotatable bonds is 4. The number of carbonyl (C=O) groups excluding carboxylic acids is 1. The zero-order valence-corrected chi connectivity index (χ0v) is 17.5. The lowest BCUT2D eigenvalue weighted by Crippen LogP contribution is -2.37. The van der Waals surface area contributed by atoms with E-state index >= 15 is 0 Å². The summed E-state index contributed by atoms with van der Waals surface area (Å²) in [5.41, 5.74) is 1.41. The number of hydrogen-bond acceptors (Lipinski definition) is 4. The molecule has 2 aromatic carbocycles. The van der Waals surface area contributed by atoms with Crippen molar-refractivity contribution in [2.24, 2.45) is 0 Å². The second-order valence-corrected chi connectivity index (χ2v) is 8.02. The highest BCUT2D eigenvalue weighted by molar-refractivity contribution is 5.81. The molecule has 3 aromatic rings. The highest BCUT2D eigenvalue weighted by Crippen LogP contribution is 2.22. The molecule has 0 bridgehead atoms. The van der Waals surface area contributed by atoms with Gasteiger partial charge >= 0.3 is 6.09 Å². The predicted molar refractivity (Wildman–Crippen MR) is 114 cm³/mol. The molecule has 3 rings (SSSR count). The number of para-hydroxylation sites is 1. The van der Waals surface area contributed by atoms with Gasteiger partial charge in [0.2, 0.25) is 0 Å². The van der Waals surface area contributed by atoms with E-state index < -0.39 is 17.7 Å². The van der Waals surface area contributed by atoms with Crippen LogP contribution in [-0.2, 0) is 4.74 Å². The molecule has 1 atom stereocenters. The molecule has 0 fully saturated rings. The maximum atomic E-state index is 13.5. The number of aryl methyl sites for hydroxylation is 1. The normalized spacial score (nSPS) is 12.6. The van der Waals surface area contributed by atoms with Gasteiger partial charge in [-0.15, -0.1) is 0 Å². The van der Waals surface area contributed by atoms with Crippen LogP contribution in [0.4, 0.5) is 4.79 Å². The predicted octanol–water partition coefficient (Wildman–Crippen LogP) is 4.67. The van der Waals surface area contributed by atoms with E-state index in [-0.39, 0.29) is 5.56 Å². The smallest absolute Gasteiger partial charge is 0.408 e. The van der Waals surface area contributed by atoms with Gasteiger partial charge in [-0.1, -0.05) is 37.3 Å². The fourth-order valence-corrected chi connectivity index (χ4v) is 3.27. The van der Waals surface area contributed by atoms with E-state index in [9.17, 15) is 9.59 Å². The number of nitrogens with one attached hydrogen (secondary N) is 1. The van der Waals surface area contributed by atoms with Crippen LogP contribution in [0.15, 0.2) is 53.3 Å². The SMILES string of the molecule is CCC(NC(=O)OC(C)(C)C)c1nc2cccc(C)c2c(=O)n1-c1ccccc1. The molecular weight excluding hydrogens is 366 g/mol. The van der Waals surface area contributed by atoms with Crippen LogP contribution < -0.4 is 10.9 Å². The molecule has 0 aliphatic heterocycles. The second-order valence-electron chi connectivity index (χ2n) is 8.02. The Labute approximate surface area is 170 Å². The topological polar surface area (TPSA) is 73.2 Å². The van der Waals surface area contributed by atoms with Crippen LogP contribution in [0, 0.1) is 6.92 Å². The van der Waals surface area contributed by atoms with E-state index in [2.05, 4.69) is 5.32 Å². The maximum absolute atomic E-state index is 13.5. The highest BCUT2D eigenvalue weighted by atomic mass is 16.6. The Morgan fingerprint density at radius 2 is 1.83 bits per heavy atom. The monoisotopic (exact) mass is 393 g/mol. The van der Waals surface area contributed by atoms with Gasteiger partial charge < -0.3 is 10.1 Å². The quantitative estimate of drug-likeness (QED) is 0.699. The fourth-order valence-electron chi connectivity index (χ4n) is 3.27. The summed E-state index contributed by atoms with van der Waals surface area (Å²) < 4.78 is 6.99. The molecule has 0 aliphatic rings. The van der Waals surface area contributed by atoms with Crippen LogP contribution in [-0.4, -0.2) is 21.2 Å². The number of hydrogen-bond donors (Lipinski definition) is 1. The third-order valence-corrected chi connectivity index (χ3v) is 4.56. The van der Waals surface area contributed by atoms with Crippen LogP contribution >= 0.6 is 0 Å². The van der Waals surface area contributed by atoms with Crippen LogP contribution in [0.5, 0.6) is 0 Å². The number of amides is 1. The third kappa shape index (κ3) is 4.47. The highest BCUT2D eigenvalue weighted by Gasteiger charge is 2.24. The summed E-state index contributed by atoms with van der Waals surface area (Å²) in [5.74, 6) is 0.479. The van der Waals surface area contributed by atoms with E-state index in [0.717, 1.165) is 5.56 Å². The first-order valence-electron chi connectivity index (χ1n) is 9.78. The summed E-state index contributed by atoms with van der Waals surface area (Å²) >= 11 is 0. The van der Waals surface area contributed by atoms with Crippen molar-refractivity contribution in [3.63, 3.8) is 0 Å². The van der Waals surface area contributed by atoms with Gasteiger partial charge in [-0.25, -0.2) is 9.78 Å². The van der Waals surface area contributed by atoms with Crippen LogP contribution in [0.1, 0.15) is 51.5 Å². The summed E-state index contributed by atoms with van der Waals surface area (Å²) in [5, 5.41) is 3.45. The van der Waals surface area contributed by atoms with Gasteiger partial charge in [0.05, 0.1) is 22.6 Å². The van der Waals surface area contributed by atoms with Crippen LogP contribution in [0.25, 0.3) is 16.6 Å². The maximum Gasteiger partial charge on any atom is 0.408 e. The summed E-state index contributed by atoms with van der Waals surface area (Å²) in [6.45, 7) is 9.26. The first-order chi connectivity index (χ1) is 13.7. The largest absolute Gasteiger partial charge is 0.444 e. The van der Waals surface area contributed by atoms with Crippen molar-refractivity contribution < 1.29 is 9.53 Å². The number of alkyl carbamates (subject to hydrolysis) is 1. The lowest BCUT2D eigenvalue weighted by atomic mass is 10.1. The molecule has 1 amide bonds. The van der Waals surface area contributed by atoms with Crippen LogP contribution in [0.3, 0.4) is 0 Å². The molecule has 0 radical (unpaired) electrons. The molecule has 1 aromatic heterocycles. The Kier molecular flexibility index (Phi) is 5.73. The minimum absolute atomic E-state index is 0.154. The van der Waals surface area contributed by atoms with Gasteiger partial charge in [0.25, 0.3) is 5.56 Å². The third-order valence-electron chi connectivity index (χ3n) is 4.56. The molecule has 0 saturated heterocycles. The Balaban J connectivity index is 2.19. The lowest BCUT2D eigenvalue weighted by molar-refractivity contribution is 0.0499. The number of fused-ring (bicyclic) bond motifs is 1. The molecule has 0 aliphatic carbocycles. The van der Waals surface area contributed by atoms with Gasteiger partial charge in [0.15, 0.2) is 0 Å². The van der Waals surface area contributed by atoms with Crippen molar-refractivity contribution in [2.75, 3.05) is 0 Å². The zero-order valence-electron chi connectivity index (χ0n) is 17.5. The van der Waals surface area contributed by atoms with Gasteiger partial charge in [-0.05, 0) is 57.9 Å². The van der Waals surface area contributed by atoms with Crippen molar-refractivity contribution in [3.8, 4) is 5.69 Å². The number of benzene rings is 2. The van der Waals surface area contributed by atoms with E-state index in [4.69, 9.17) is 9.72 Å². The zero-order chi connectivity index (χ0) is 21.2. The number of aromatic nitrogens is 2. The first-order valence-corrected chi connectivity index (χ1v) is 9.78. The average molecular weight is 393 g/mol. The Morgan fingerprint density at radius 1 is 1.14 bits per heavy atom. The molecule has 0 saturated carbocycles. The Bertz CT molecular complexity index is 1080. The lowest BCUT2D eigenvalue weighted by Gasteiger charge is -2.25. The van der Waals surface area contributed by atoms with Gasteiger partial charge in [-0.2, -0.15) is 0 Å². The minimum atomic E-state index is -0.616. The number of nitrogens with zero attached hydrogens (tertiary/aromatic N) is 2. The van der Waals surface area contributed by atoms with Crippen molar-refractivity contribution in [2.45, 2.75) is 52.7 Å². The second kappa shape index (κ2) is 8.07. The molecule has 1 N–H and O–H groups in total. The summed E-state index contributed by atoms with van der Waals surface area (Å²) in [4.78, 5) is 30.7. The minimum Gasteiger partial charge on any atom is -0.444 e. The van der Waals surface area contributed by atoms with E-state index in [1.54, 1.807) is 4.57 Å². The Hall–Kier alpha value is -3.15. The number of carbonyl (C=O) groups is 1. The first kappa shape index (κ1) is 20.6. The van der Waals surface area contributed by atoms with Gasteiger partial charge in [0, 0.05) is 0 Å². The van der Waals surface area contributed by atoms with Gasteiger partial charge in [-0.3, -0.25) is 9.36 Å². The average Bonchev–Trinajstić information content (AvgIpc) is 2.65. The molecular formula is C23H27N3O3. The van der Waals surface area contributed by atoms with Crippen molar-refractivity contribution in [1.82, 2.24) is 14.9 Å². The van der Waals surface area contributed by atoms with E-state index in [1.807, 2.05) is 83.1 Å².